The first-order valence-corrected chi connectivity index (χ1v) is 5.99. The first kappa shape index (κ1) is 14.4. The summed E-state index contributed by atoms with van der Waals surface area (Å²) in [5, 5.41) is 3.85. The Labute approximate surface area is 107 Å². The van der Waals surface area contributed by atoms with Crippen LogP contribution in [0.3, 0.4) is 0 Å². The zero-order valence-corrected chi connectivity index (χ0v) is 10.9. The molecule has 0 aliphatic carbocycles. The standard InChI is InChI=1S/C12H19N3O3/c1-4-7-15(9-12(16)17-6-3)8-10-13-11(5-2)18-14-10/h4H,1,5-9H2,2-3H3. The summed E-state index contributed by atoms with van der Waals surface area (Å²) in [4.78, 5) is 17.5. The van der Waals surface area contributed by atoms with E-state index in [9.17, 15) is 4.79 Å². The highest BCUT2D eigenvalue weighted by atomic mass is 16.5. The van der Waals surface area contributed by atoms with Crippen LogP contribution in [0.4, 0.5) is 0 Å². The number of carbonyl (C=O) groups is 1. The highest BCUT2D eigenvalue weighted by Gasteiger charge is 2.14. The molecule has 18 heavy (non-hydrogen) atoms. The molecule has 6 nitrogen and oxygen atoms in total. The summed E-state index contributed by atoms with van der Waals surface area (Å²) in [6.07, 6.45) is 2.42. The molecule has 1 heterocycles. The third kappa shape index (κ3) is 4.67. The topological polar surface area (TPSA) is 68.5 Å². The third-order valence-corrected chi connectivity index (χ3v) is 2.22. The van der Waals surface area contributed by atoms with Gasteiger partial charge >= 0.3 is 5.97 Å². The first-order chi connectivity index (χ1) is 8.69. The van der Waals surface area contributed by atoms with Crippen molar-refractivity contribution in [3.05, 3.63) is 24.4 Å². The Hall–Kier alpha value is -1.69. The fraction of sp³-hybridized carbons (Fsp3) is 0.583. The SMILES string of the molecule is C=CCN(CC(=O)OCC)Cc1noc(CC)n1. The molecule has 100 valence electrons. The molecule has 0 unspecified atom stereocenters. The van der Waals surface area contributed by atoms with Gasteiger partial charge in [-0.25, -0.2) is 0 Å². The Balaban J connectivity index is 2.56. The average molecular weight is 253 g/mol. The number of ether oxygens (including phenoxy) is 1. The van der Waals surface area contributed by atoms with Gasteiger partial charge < -0.3 is 9.26 Å². The highest BCUT2D eigenvalue weighted by molar-refractivity contribution is 5.71. The molecule has 0 N–H and O–H groups in total. The van der Waals surface area contributed by atoms with Gasteiger partial charge in [-0.15, -0.1) is 6.58 Å². The van der Waals surface area contributed by atoms with E-state index in [-0.39, 0.29) is 12.5 Å². The molecular formula is C12H19N3O3. The fourth-order valence-corrected chi connectivity index (χ4v) is 1.45. The Morgan fingerprint density at radius 2 is 2.33 bits per heavy atom. The number of aryl methyl sites for hydroxylation is 1. The molecule has 0 radical (unpaired) electrons. The van der Waals surface area contributed by atoms with Crippen LogP contribution in [0.25, 0.3) is 0 Å². The Morgan fingerprint density at radius 3 is 2.89 bits per heavy atom. The Kier molecular flexibility index (Phi) is 6.07. The number of carbonyl (C=O) groups excluding carboxylic acids is 1. The molecule has 1 aromatic heterocycles. The minimum Gasteiger partial charge on any atom is -0.465 e. The summed E-state index contributed by atoms with van der Waals surface area (Å²) in [6.45, 7) is 8.95. The largest absolute Gasteiger partial charge is 0.465 e. The van der Waals surface area contributed by atoms with E-state index in [2.05, 4.69) is 16.7 Å². The zero-order chi connectivity index (χ0) is 13.4. The van der Waals surface area contributed by atoms with E-state index in [0.717, 1.165) is 0 Å². The molecule has 0 amide bonds. The van der Waals surface area contributed by atoms with E-state index in [1.165, 1.54) is 0 Å². The van der Waals surface area contributed by atoms with Crippen LogP contribution in [0.1, 0.15) is 25.6 Å². The van der Waals surface area contributed by atoms with Gasteiger partial charge in [-0.05, 0) is 6.92 Å². The second kappa shape index (κ2) is 7.60. The van der Waals surface area contributed by atoms with Crippen molar-refractivity contribution in [1.82, 2.24) is 15.0 Å². The van der Waals surface area contributed by atoms with E-state index in [1.54, 1.807) is 13.0 Å². The van der Waals surface area contributed by atoms with Gasteiger partial charge in [-0.1, -0.05) is 18.2 Å². The lowest BCUT2D eigenvalue weighted by Crippen LogP contribution is -2.31. The predicted octanol–water partition coefficient (Wildman–Crippen LogP) is 1.18. The van der Waals surface area contributed by atoms with Gasteiger partial charge in [0.05, 0.1) is 19.7 Å². The van der Waals surface area contributed by atoms with E-state index in [0.29, 0.717) is 37.8 Å². The van der Waals surface area contributed by atoms with Crippen LogP contribution in [-0.2, 0) is 22.5 Å². The van der Waals surface area contributed by atoms with E-state index >= 15 is 0 Å². The number of hydrogen-bond acceptors (Lipinski definition) is 6. The molecule has 6 heteroatoms. The quantitative estimate of drug-likeness (QED) is 0.512. The van der Waals surface area contributed by atoms with Gasteiger partial charge in [0.25, 0.3) is 0 Å². The maximum atomic E-state index is 11.4. The molecule has 1 aromatic rings. The van der Waals surface area contributed by atoms with Gasteiger partial charge in [0.15, 0.2) is 5.82 Å². The molecule has 0 fully saturated rings. The van der Waals surface area contributed by atoms with Gasteiger partial charge in [0, 0.05) is 13.0 Å². The molecule has 0 atom stereocenters. The Bertz CT molecular complexity index is 390. The molecule has 1 rings (SSSR count). The van der Waals surface area contributed by atoms with Crippen molar-refractivity contribution in [3.8, 4) is 0 Å². The minimum absolute atomic E-state index is 0.190. The second-order valence-electron chi connectivity index (χ2n) is 3.72. The van der Waals surface area contributed by atoms with Crippen LogP contribution >= 0.6 is 0 Å². The first-order valence-electron chi connectivity index (χ1n) is 5.99. The van der Waals surface area contributed by atoms with E-state index < -0.39 is 0 Å². The van der Waals surface area contributed by atoms with Gasteiger partial charge in [0.1, 0.15) is 0 Å². The number of nitrogens with zero attached hydrogens (tertiary/aromatic N) is 3. The van der Waals surface area contributed by atoms with Crippen molar-refractivity contribution < 1.29 is 14.1 Å². The molecule has 0 spiro atoms. The summed E-state index contributed by atoms with van der Waals surface area (Å²) >= 11 is 0. The number of aromatic nitrogens is 2. The van der Waals surface area contributed by atoms with Crippen LogP contribution in [-0.4, -0.2) is 40.7 Å². The van der Waals surface area contributed by atoms with Crippen LogP contribution in [0.2, 0.25) is 0 Å². The van der Waals surface area contributed by atoms with Crippen molar-refractivity contribution in [2.24, 2.45) is 0 Å². The van der Waals surface area contributed by atoms with Crippen molar-refractivity contribution in [2.45, 2.75) is 26.8 Å². The maximum absolute atomic E-state index is 11.4. The van der Waals surface area contributed by atoms with Crippen molar-refractivity contribution in [3.63, 3.8) is 0 Å². The van der Waals surface area contributed by atoms with Gasteiger partial charge in [-0.2, -0.15) is 4.98 Å². The number of rotatable bonds is 8. The van der Waals surface area contributed by atoms with E-state index in [1.807, 2.05) is 11.8 Å². The van der Waals surface area contributed by atoms with Crippen LogP contribution < -0.4 is 0 Å². The Morgan fingerprint density at radius 1 is 1.56 bits per heavy atom. The molecule has 0 bridgehead atoms. The smallest absolute Gasteiger partial charge is 0.320 e. The molecule has 0 aliphatic heterocycles. The van der Waals surface area contributed by atoms with Gasteiger partial charge in [0.2, 0.25) is 5.89 Å². The monoisotopic (exact) mass is 253 g/mol. The molecule has 0 aliphatic rings. The number of hydrogen-bond donors (Lipinski definition) is 0. The molecule has 0 saturated carbocycles. The summed E-state index contributed by atoms with van der Waals surface area (Å²) in [7, 11) is 0. The summed E-state index contributed by atoms with van der Waals surface area (Å²) in [5.74, 6) is 0.899. The molecular weight excluding hydrogens is 234 g/mol. The number of esters is 1. The van der Waals surface area contributed by atoms with Crippen molar-refractivity contribution in [2.75, 3.05) is 19.7 Å². The maximum Gasteiger partial charge on any atom is 0.320 e. The molecule has 0 saturated heterocycles. The lowest BCUT2D eigenvalue weighted by molar-refractivity contribution is -0.144. The normalized spacial score (nSPS) is 10.6. The predicted molar refractivity (Wildman–Crippen MR) is 65.8 cm³/mol. The third-order valence-electron chi connectivity index (χ3n) is 2.22. The van der Waals surface area contributed by atoms with E-state index in [4.69, 9.17) is 9.26 Å². The highest BCUT2D eigenvalue weighted by Crippen LogP contribution is 2.03. The average Bonchev–Trinajstić information content (AvgIpc) is 2.77. The van der Waals surface area contributed by atoms with Crippen molar-refractivity contribution >= 4 is 5.97 Å². The summed E-state index contributed by atoms with van der Waals surface area (Å²) < 4.78 is 9.92. The summed E-state index contributed by atoms with van der Waals surface area (Å²) in [6, 6.07) is 0. The lowest BCUT2D eigenvalue weighted by atomic mass is 10.4. The van der Waals surface area contributed by atoms with Gasteiger partial charge in [-0.3, -0.25) is 9.69 Å². The lowest BCUT2D eigenvalue weighted by Gasteiger charge is -2.17. The zero-order valence-electron chi connectivity index (χ0n) is 10.9. The summed E-state index contributed by atoms with van der Waals surface area (Å²) in [5.41, 5.74) is 0. The van der Waals surface area contributed by atoms with Crippen LogP contribution in [0.15, 0.2) is 17.2 Å². The minimum atomic E-state index is -0.265. The van der Waals surface area contributed by atoms with Crippen LogP contribution in [0, 0.1) is 0 Å². The fourth-order valence-electron chi connectivity index (χ4n) is 1.45. The molecule has 0 aromatic carbocycles. The van der Waals surface area contributed by atoms with Crippen molar-refractivity contribution in [1.29, 1.82) is 0 Å². The van der Waals surface area contributed by atoms with Crippen LogP contribution in [0.5, 0.6) is 0 Å². The second-order valence-corrected chi connectivity index (χ2v) is 3.72.